The number of piperazine rings is 1. The maximum absolute atomic E-state index is 13.0. The van der Waals surface area contributed by atoms with Crippen molar-refractivity contribution in [3.05, 3.63) is 81.8 Å². The normalized spacial score (nSPS) is 16.2. The molecule has 1 aliphatic heterocycles. The Morgan fingerprint density at radius 2 is 1.66 bits per heavy atom. The van der Waals surface area contributed by atoms with Crippen LogP contribution in [0.25, 0.3) is 0 Å². The third-order valence-electron chi connectivity index (χ3n) is 6.30. The van der Waals surface area contributed by atoms with E-state index in [1.165, 1.54) is 15.9 Å². The van der Waals surface area contributed by atoms with E-state index in [9.17, 15) is 14.8 Å². The molecule has 0 saturated carbocycles. The summed E-state index contributed by atoms with van der Waals surface area (Å²) < 4.78 is 1.30. The Bertz CT molecular complexity index is 1190. The van der Waals surface area contributed by atoms with Crippen LogP contribution in [0, 0.1) is 12.1 Å². The first-order valence-electron chi connectivity index (χ1n) is 11.0. The number of rotatable bonds is 5. The first-order valence-corrected chi connectivity index (χ1v) is 11.0. The van der Waals surface area contributed by atoms with E-state index in [4.69, 9.17) is 0 Å². The van der Waals surface area contributed by atoms with Crippen LogP contribution in [0.2, 0.25) is 0 Å². The summed E-state index contributed by atoms with van der Waals surface area (Å²) >= 11 is 0. The van der Waals surface area contributed by atoms with Crippen molar-refractivity contribution in [3.8, 4) is 0 Å². The van der Waals surface area contributed by atoms with Gasteiger partial charge >= 0.3 is 0 Å². The summed E-state index contributed by atoms with van der Waals surface area (Å²) in [4.78, 5) is 30.8. The van der Waals surface area contributed by atoms with E-state index >= 15 is 0 Å². The molecule has 0 bridgehead atoms. The van der Waals surface area contributed by atoms with Gasteiger partial charge in [0.25, 0.3) is 0 Å². The lowest BCUT2D eigenvalue weighted by atomic mass is 9.90. The third-order valence-corrected chi connectivity index (χ3v) is 6.30. The summed E-state index contributed by atoms with van der Waals surface area (Å²) in [5, 5.41) is 16.2. The van der Waals surface area contributed by atoms with Gasteiger partial charge in [-0.15, -0.1) is 4.68 Å². The van der Waals surface area contributed by atoms with Crippen molar-refractivity contribution in [1.29, 1.82) is 0 Å². The number of aryl methyl sites for hydroxylation is 1. The minimum absolute atomic E-state index is 0.0459. The van der Waals surface area contributed by atoms with Crippen molar-refractivity contribution < 1.29 is 14.5 Å². The van der Waals surface area contributed by atoms with E-state index in [1.54, 1.807) is 24.3 Å². The summed E-state index contributed by atoms with van der Waals surface area (Å²) in [6, 6.07) is 15.2. The van der Waals surface area contributed by atoms with Crippen LogP contribution in [0.15, 0.2) is 48.5 Å². The number of hydrogen-bond acceptors (Lipinski definition) is 6. The highest BCUT2D eigenvalue weighted by Gasteiger charge is 2.39. The lowest BCUT2D eigenvalue weighted by molar-refractivity contribution is -0.749. The van der Waals surface area contributed by atoms with E-state index < -0.39 is 0 Å². The highest BCUT2D eigenvalue weighted by Crippen LogP contribution is 2.25. The molecule has 0 spiro atoms. The van der Waals surface area contributed by atoms with Crippen molar-refractivity contribution in [2.24, 2.45) is 0 Å². The van der Waals surface area contributed by atoms with Gasteiger partial charge in [0, 0.05) is 59.6 Å². The number of benzene rings is 2. The SMILES string of the molecule is Cc1cccc(N2CCN(CCCn3c4c(n[n+]3[O-])C(=O)c3ccccc3C4=O)CC2)c1. The van der Waals surface area contributed by atoms with Crippen LogP contribution < -0.4 is 9.86 Å². The van der Waals surface area contributed by atoms with Crippen molar-refractivity contribution in [2.75, 3.05) is 37.6 Å². The standard InChI is InChI=1S/C24H25N5O3/c1-17-6-4-7-18(16-17)27-14-12-26(13-15-27)10-5-11-28-22-21(25-29(28)32)23(30)19-8-2-3-9-20(19)24(22)31/h2-4,6-9,16H,5,10-15H2,1H3. The Labute approximate surface area is 186 Å². The van der Waals surface area contributed by atoms with Crippen LogP contribution in [0.3, 0.4) is 0 Å². The van der Waals surface area contributed by atoms with E-state index in [0.717, 1.165) is 32.7 Å². The number of ketones is 2. The van der Waals surface area contributed by atoms with Gasteiger partial charge in [0.05, 0.1) is 6.54 Å². The summed E-state index contributed by atoms with van der Waals surface area (Å²) in [5.74, 6) is -0.685. The number of carbonyl (C=O) groups is 2. The molecule has 3 aromatic rings. The first kappa shape index (κ1) is 20.4. The van der Waals surface area contributed by atoms with Crippen LogP contribution in [-0.4, -0.2) is 59.0 Å². The summed E-state index contributed by atoms with van der Waals surface area (Å²) in [6.45, 7) is 7.05. The van der Waals surface area contributed by atoms with Crippen LogP contribution in [0.4, 0.5) is 5.69 Å². The molecule has 0 radical (unpaired) electrons. The second kappa shape index (κ2) is 8.20. The molecule has 8 heteroatoms. The Kier molecular flexibility index (Phi) is 5.22. The van der Waals surface area contributed by atoms with Gasteiger partial charge < -0.3 is 10.1 Å². The molecule has 1 aliphatic carbocycles. The summed E-state index contributed by atoms with van der Waals surface area (Å²) in [7, 11) is 0. The van der Waals surface area contributed by atoms with E-state index in [-0.39, 0.29) is 23.0 Å². The zero-order valence-corrected chi connectivity index (χ0v) is 18.0. The van der Waals surface area contributed by atoms with E-state index in [0.29, 0.717) is 29.1 Å². The molecule has 32 heavy (non-hydrogen) atoms. The van der Waals surface area contributed by atoms with Crippen molar-refractivity contribution in [1.82, 2.24) is 14.7 Å². The smallest absolute Gasteiger partial charge is 0.220 e. The van der Waals surface area contributed by atoms with Crippen LogP contribution in [0.1, 0.15) is 44.1 Å². The van der Waals surface area contributed by atoms with Gasteiger partial charge in [-0.3, -0.25) is 14.5 Å². The van der Waals surface area contributed by atoms with Gasteiger partial charge in [0.1, 0.15) is 0 Å². The number of carbonyl (C=O) groups excluding carboxylic acids is 2. The highest BCUT2D eigenvalue weighted by molar-refractivity contribution is 6.26. The predicted octanol–water partition coefficient (Wildman–Crippen LogP) is 1.81. The molecule has 0 atom stereocenters. The number of nitrogens with zero attached hydrogens (tertiary/aromatic N) is 5. The summed E-state index contributed by atoms with van der Waals surface area (Å²) in [6.07, 6.45) is 0.693. The molecule has 0 unspecified atom stereocenters. The molecule has 1 fully saturated rings. The molecule has 5 rings (SSSR count). The first-order chi connectivity index (χ1) is 15.5. The van der Waals surface area contributed by atoms with E-state index in [2.05, 4.69) is 46.1 Å². The van der Waals surface area contributed by atoms with Gasteiger partial charge in [0.15, 0.2) is 5.69 Å². The average Bonchev–Trinajstić information content (AvgIpc) is 3.14. The maximum atomic E-state index is 13.0. The molecular weight excluding hydrogens is 406 g/mol. The summed E-state index contributed by atoms with van der Waals surface area (Å²) in [5.41, 5.74) is 3.21. The number of hydrogen-bond donors (Lipinski definition) is 0. The second-order valence-corrected chi connectivity index (χ2v) is 8.40. The Balaban J connectivity index is 1.22. The quantitative estimate of drug-likeness (QED) is 0.354. The average molecular weight is 431 g/mol. The van der Waals surface area contributed by atoms with Crippen LogP contribution >= 0.6 is 0 Å². The molecule has 164 valence electrons. The van der Waals surface area contributed by atoms with Gasteiger partial charge in [-0.1, -0.05) is 36.4 Å². The molecular formula is C24H25N5O3. The molecule has 1 aromatic heterocycles. The number of anilines is 1. The highest BCUT2D eigenvalue weighted by atomic mass is 16.5. The number of fused-ring (bicyclic) bond motifs is 2. The third kappa shape index (κ3) is 3.56. The maximum Gasteiger partial charge on any atom is 0.220 e. The van der Waals surface area contributed by atoms with E-state index in [1.807, 2.05) is 0 Å². The fourth-order valence-corrected chi connectivity index (χ4v) is 4.60. The van der Waals surface area contributed by atoms with Gasteiger partial charge in [-0.2, -0.15) is 0 Å². The van der Waals surface area contributed by atoms with Crippen molar-refractivity contribution in [2.45, 2.75) is 19.9 Å². The van der Waals surface area contributed by atoms with Crippen LogP contribution in [0.5, 0.6) is 0 Å². The molecule has 2 aromatic carbocycles. The minimum Gasteiger partial charge on any atom is -0.571 e. The van der Waals surface area contributed by atoms with Gasteiger partial charge in [0.2, 0.25) is 17.3 Å². The van der Waals surface area contributed by atoms with Gasteiger partial charge in [-0.25, -0.2) is 0 Å². The van der Waals surface area contributed by atoms with Crippen molar-refractivity contribution in [3.63, 3.8) is 0 Å². The van der Waals surface area contributed by atoms with Crippen molar-refractivity contribution >= 4 is 17.3 Å². The topological polar surface area (TPSA) is 85.4 Å². The Morgan fingerprint density at radius 3 is 2.38 bits per heavy atom. The monoisotopic (exact) mass is 431 g/mol. The largest absolute Gasteiger partial charge is 0.571 e. The molecule has 0 N–H and O–H groups in total. The second-order valence-electron chi connectivity index (χ2n) is 8.40. The zero-order chi connectivity index (χ0) is 22.2. The number of aromatic nitrogens is 3. The Morgan fingerprint density at radius 1 is 0.938 bits per heavy atom. The molecule has 0 amide bonds. The molecule has 2 aliphatic rings. The van der Waals surface area contributed by atoms with Gasteiger partial charge in [-0.05, 0) is 31.0 Å². The molecule has 1 saturated heterocycles. The fraction of sp³-hybridized carbons (Fsp3) is 0.333. The lowest BCUT2D eigenvalue weighted by Gasteiger charge is -2.36. The minimum atomic E-state index is -0.370. The fourth-order valence-electron chi connectivity index (χ4n) is 4.60. The molecule has 8 nitrogen and oxygen atoms in total. The Hall–Kier alpha value is -3.52. The van der Waals surface area contributed by atoms with Crippen LogP contribution in [-0.2, 0) is 6.54 Å². The predicted molar refractivity (Wildman–Crippen MR) is 119 cm³/mol. The lowest BCUT2D eigenvalue weighted by Crippen LogP contribution is -2.47. The molecule has 2 heterocycles. The zero-order valence-electron chi connectivity index (χ0n) is 18.0.